The van der Waals surface area contributed by atoms with Gasteiger partial charge < -0.3 is 9.64 Å². The summed E-state index contributed by atoms with van der Waals surface area (Å²) < 4.78 is 5.14. The maximum Gasteiger partial charge on any atom is 0.230 e. The van der Waals surface area contributed by atoms with Crippen LogP contribution in [0.4, 0.5) is 5.69 Å². The van der Waals surface area contributed by atoms with Crippen LogP contribution in [-0.2, 0) is 4.79 Å². The van der Waals surface area contributed by atoms with Gasteiger partial charge in [-0.15, -0.1) is 0 Å². The highest BCUT2D eigenvalue weighted by Gasteiger charge is 2.37. The fraction of sp³-hybridized carbons (Fsp3) is 0.188. The molecule has 1 heterocycles. The minimum atomic E-state index is 0.155. The molecular formula is C16H15NO2. The predicted octanol–water partition coefficient (Wildman–Crippen LogP) is 3.17. The first-order valence-electron chi connectivity index (χ1n) is 6.30. The lowest BCUT2D eigenvalue weighted by Gasteiger charge is -2.40. The van der Waals surface area contributed by atoms with Gasteiger partial charge in [-0.2, -0.15) is 0 Å². The molecule has 3 nitrogen and oxygen atoms in total. The van der Waals surface area contributed by atoms with E-state index in [1.54, 1.807) is 7.11 Å². The zero-order valence-electron chi connectivity index (χ0n) is 10.7. The monoisotopic (exact) mass is 253 g/mol. The largest absolute Gasteiger partial charge is 0.497 e. The highest BCUT2D eigenvalue weighted by atomic mass is 16.5. The summed E-state index contributed by atoms with van der Waals surface area (Å²) in [6.45, 7) is 0. The van der Waals surface area contributed by atoms with Crippen molar-refractivity contribution in [2.45, 2.75) is 12.5 Å². The molecule has 1 aliphatic heterocycles. The Balaban J connectivity index is 1.87. The van der Waals surface area contributed by atoms with Crippen molar-refractivity contribution in [1.29, 1.82) is 0 Å². The van der Waals surface area contributed by atoms with E-state index in [0.717, 1.165) is 11.4 Å². The SMILES string of the molecule is COc1ccc(N2C(=O)CC2c2ccccc2)cc1. The second-order valence-electron chi connectivity index (χ2n) is 4.59. The summed E-state index contributed by atoms with van der Waals surface area (Å²) in [5.41, 5.74) is 2.10. The van der Waals surface area contributed by atoms with E-state index in [1.807, 2.05) is 47.4 Å². The van der Waals surface area contributed by atoms with Gasteiger partial charge in [0, 0.05) is 5.69 Å². The first-order valence-corrected chi connectivity index (χ1v) is 6.30. The standard InChI is InChI=1S/C16H15NO2/c1-19-14-9-7-13(8-10-14)17-15(11-16(17)18)12-5-3-2-4-6-12/h2-10,15H,11H2,1H3. The van der Waals surface area contributed by atoms with Gasteiger partial charge in [0.1, 0.15) is 5.75 Å². The number of hydrogen-bond donors (Lipinski definition) is 0. The van der Waals surface area contributed by atoms with Gasteiger partial charge in [-0.25, -0.2) is 0 Å². The van der Waals surface area contributed by atoms with Gasteiger partial charge in [0.05, 0.1) is 19.6 Å². The molecule has 96 valence electrons. The lowest BCUT2D eigenvalue weighted by atomic mass is 9.93. The zero-order chi connectivity index (χ0) is 13.2. The van der Waals surface area contributed by atoms with E-state index < -0.39 is 0 Å². The van der Waals surface area contributed by atoms with Crippen LogP contribution in [-0.4, -0.2) is 13.0 Å². The number of nitrogens with zero attached hydrogens (tertiary/aromatic N) is 1. The summed E-state index contributed by atoms with van der Waals surface area (Å²) in [5.74, 6) is 0.965. The summed E-state index contributed by atoms with van der Waals surface area (Å²) >= 11 is 0. The third-order valence-electron chi connectivity index (χ3n) is 3.48. The van der Waals surface area contributed by atoms with E-state index in [1.165, 1.54) is 5.56 Å². The van der Waals surface area contributed by atoms with E-state index in [-0.39, 0.29) is 11.9 Å². The smallest absolute Gasteiger partial charge is 0.230 e. The van der Waals surface area contributed by atoms with Crippen molar-refractivity contribution in [2.75, 3.05) is 12.0 Å². The van der Waals surface area contributed by atoms with E-state index in [0.29, 0.717) is 6.42 Å². The van der Waals surface area contributed by atoms with Crippen LogP contribution in [0.2, 0.25) is 0 Å². The molecule has 0 N–H and O–H groups in total. The van der Waals surface area contributed by atoms with Crippen molar-refractivity contribution in [3.05, 3.63) is 60.2 Å². The van der Waals surface area contributed by atoms with Gasteiger partial charge in [0.25, 0.3) is 0 Å². The molecule has 1 unspecified atom stereocenters. The fourth-order valence-electron chi connectivity index (χ4n) is 2.43. The number of carbonyl (C=O) groups excluding carboxylic acids is 1. The molecule has 1 atom stereocenters. The molecule has 2 aromatic carbocycles. The Bertz CT molecular complexity index is 577. The fourth-order valence-corrected chi connectivity index (χ4v) is 2.43. The van der Waals surface area contributed by atoms with Crippen LogP contribution in [0, 0.1) is 0 Å². The van der Waals surface area contributed by atoms with Crippen LogP contribution in [0.5, 0.6) is 5.75 Å². The van der Waals surface area contributed by atoms with Crippen LogP contribution < -0.4 is 9.64 Å². The van der Waals surface area contributed by atoms with Crippen LogP contribution in [0.1, 0.15) is 18.0 Å². The first kappa shape index (κ1) is 11.8. The molecule has 0 spiro atoms. The molecule has 0 aromatic heterocycles. The second kappa shape index (κ2) is 4.76. The Morgan fingerprint density at radius 3 is 2.32 bits per heavy atom. The van der Waals surface area contributed by atoms with Gasteiger partial charge in [0.2, 0.25) is 5.91 Å². The predicted molar refractivity (Wildman–Crippen MR) is 74.3 cm³/mol. The van der Waals surface area contributed by atoms with Crippen LogP contribution in [0.25, 0.3) is 0 Å². The molecule has 3 rings (SSSR count). The van der Waals surface area contributed by atoms with Crippen molar-refractivity contribution in [3.8, 4) is 5.75 Å². The average molecular weight is 253 g/mol. The third kappa shape index (κ3) is 2.08. The number of amides is 1. The lowest BCUT2D eigenvalue weighted by Crippen LogP contribution is -2.46. The molecule has 0 bridgehead atoms. The highest BCUT2D eigenvalue weighted by molar-refractivity contribution is 6.01. The van der Waals surface area contributed by atoms with E-state index in [9.17, 15) is 4.79 Å². The Labute approximate surface area is 112 Å². The molecule has 1 saturated heterocycles. The van der Waals surface area contributed by atoms with Gasteiger partial charge in [-0.1, -0.05) is 30.3 Å². The Morgan fingerprint density at radius 2 is 1.74 bits per heavy atom. The van der Waals surface area contributed by atoms with E-state index >= 15 is 0 Å². The minimum Gasteiger partial charge on any atom is -0.497 e. The topological polar surface area (TPSA) is 29.5 Å². The first-order chi connectivity index (χ1) is 9.29. The molecule has 1 fully saturated rings. The molecule has 19 heavy (non-hydrogen) atoms. The molecule has 0 saturated carbocycles. The van der Waals surface area contributed by atoms with Crippen molar-refractivity contribution in [1.82, 2.24) is 0 Å². The quantitative estimate of drug-likeness (QED) is 0.786. The van der Waals surface area contributed by atoms with Crippen molar-refractivity contribution < 1.29 is 9.53 Å². The molecular weight excluding hydrogens is 238 g/mol. The maximum absolute atomic E-state index is 11.9. The Kier molecular flexibility index (Phi) is 2.95. The van der Waals surface area contributed by atoms with Crippen LogP contribution >= 0.6 is 0 Å². The van der Waals surface area contributed by atoms with Gasteiger partial charge in [0.15, 0.2) is 0 Å². The van der Waals surface area contributed by atoms with Gasteiger partial charge in [-0.3, -0.25) is 4.79 Å². The van der Waals surface area contributed by atoms with E-state index in [4.69, 9.17) is 4.74 Å². The number of benzene rings is 2. The molecule has 1 aliphatic rings. The number of carbonyl (C=O) groups is 1. The molecule has 1 amide bonds. The molecule has 2 aromatic rings. The number of anilines is 1. The normalized spacial score (nSPS) is 18.1. The Morgan fingerprint density at radius 1 is 1.05 bits per heavy atom. The van der Waals surface area contributed by atoms with Crippen LogP contribution in [0.15, 0.2) is 54.6 Å². The van der Waals surface area contributed by atoms with Gasteiger partial charge in [-0.05, 0) is 29.8 Å². The summed E-state index contributed by atoms with van der Waals surface area (Å²) in [4.78, 5) is 13.7. The summed E-state index contributed by atoms with van der Waals surface area (Å²) in [6, 6.07) is 17.9. The summed E-state index contributed by atoms with van der Waals surface area (Å²) in [5, 5.41) is 0. The number of β-lactam (4-membered cyclic amide) rings is 1. The van der Waals surface area contributed by atoms with Crippen molar-refractivity contribution >= 4 is 11.6 Å². The number of hydrogen-bond acceptors (Lipinski definition) is 2. The van der Waals surface area contributed by atoms with E-state index in [2.05, 4.69) is 12.1 Å². The second-order valence-corrected chi connectivity index (χ2v) is 4.59. The lowest BCUT2D eigenvalue weighted by molar-refractivity contribution is -0.124. The number of methoxy groups -OCH3 is 1. The third-order valence-corrected chi connectivity index (χ3v) is 3.48. The number of ether oxygens (including phenoxy) is 1. The van der Waals surface area contributed by atoms with Crippen molar-refractivity contribution in [2.24, 2.45) is 0 Å². The maximum atomic E-state index is 11.9. The van der Waals surface area contributed by atoms with Gasteiger partial charge >= 0.3 is 0 Å². The summed E-state index contributed by atoms with van der Waals surface area (Å²) in [7, 11) is 1.64. The Hall–Kier alpha value is -2.29. The summed E-state index contributed by atoms with van der Waals surface area (Å²) in [6.07, 6.45) is 0.579. The van der Waals surface area contributed by atoms with Crippen molar-refractivity contribution in [3.63, 3.8) is 0 Å². The zero-order valence-corrected chi connectivity index (χ0v) is 10.7. The highest BCUT2D eigenvalue weighted by Crippen LogP contribution is 2.38. The molecule has 3 heteroatoms. The molecule has 0 aliphatic carbocycles. The minimum absolute atomic E-state index is 0.155. The van der Waals surface area contributed by atoms with Crippen LogP contribution in [0.3, 0.4) is 0 Å². The average Bonchev–Trinajstić information content (AvgIpc) is 2.46. The molecule has 0 radical (unpaired) electrons. The number of rotatable bonds is 3.